The van der Waals surface area contributed by atoms with Crippen molar-refractivity contribution < 1.29 is 85.6 Å². The maximum atomic E-state index is 10.2. The van der Waals surface area contributed by atoms with Gasteiger partial charge in [0, 0.05) is 5.92 Å². The van der Waals surface area contributed by atoms with Crippen LogP contribution in [0, 0.1) is 5.92 Å². The molecular formula is C7H12Na2O6S2. The second-order valence-corrected chi connectivity index (χ2v) is 6.41. The minimum atomic E-state index is -5.07. The van der Waals surface area contributed by atoms with Gasteiger partial charge in [-0.3, -0.25) is 4.21 Å². The molecule has 10 heteroatoms. The van der Waals surface area contributed by atoms with Crippen molar-refractivity contribution >= 4 is 25.5 Å². The fourth-order valence-corrected chi connectivity index (χ4v) is 1.27. The van der Waals surface area contributed by atoms with Gasteiger partial charge in [-0.05, 0) is 12.8 Å². The number of hydrogen-bond acceptors (Lipinski definition) is 6. The summed E-state index contributed by atoms with van der Waals surface area (Å²) >= 11 is 0. The molecule has 1 aliphatic carbocycles. The van der Waals surface area contributed by atoms with Crippen molar-refractivity contribution in [1.29, 1.82) is 0 Å². The third-order valence-corrected chi connectivity index (χ3v) is 3.34. The van der Waals surface area contributed by atoms with E-state index in [0.29, 0.717) is 5.92 Å². The van der Waals surface area contributed by atoms with Gasteiger partial charge in [-0.2, -0.15) is 0 Å². The Hall–Kier alpha value is 1.69. The Morgan fingerprint density at radius 3 is 1.65 bits per heavy atom. The predicted molar refractivity (Wildman–Crippen MR) is 51.3 cm³/mol. The second-order valence-electron chi connectivity index (χ2n) is 3.15. The van der Waals surface area contributed by atoms with Crippen molar-refractivity contribution in [1.82, 2.24) is 0 Å². The summed E-state index contributed by atoms with van der Waals surface area (Å²) in [6.45, 7) is 0. The molecule has 1 unspecified atom stereocenters. The molecule has 0 aromatic heterocycles. The minimum absolute atomic E-state index is 0. The molecule has 1 aliphatic rings. The Morgan fingerprint density at radius 2 is 1.47 bits per heavy atom. The fourth-order valence-electron chi connectivity index (χ4n) is 1.27. The summed E-state index contributed by atoms with van der Waals surface area (Å²) in [7, 11) is -8.59. The predicted octanol–water partition coefficient (Wildman–Crippen LogP) is -5.90. The van der Waals surface area contributed by atoms with Gasteiger partial charge in [-0.1, -0.05) is 19.3 Å². The summed E-state index contributed by atoms with van der Waals surface area (Å²) in [6.07, 6.45) is 7.27. The molecule has 0 saturated heterocycles. The Kier molecular flexibility index (Phi) is 17.8. The fraction of sp³-hybridized carbons (Fsp3) is 0.857. The monoisotopic (exact) mass is 302 g/mol. The first-order chi connectivity index (χ1) is 6.88. The zero-order chi connectivity index (χ0) is 11.9. The molecule has 0 heterocycles. The molecule has 0 aliphatic heterocycles. The van der Waals surface area contributed by atoms with Crippen LogP contribution in [0.5, 0.6) is 0 Å². The maximum Gasteiger partial charge on any atom is 1.00 e. The number of rotatable bonds is 2. The maximum absolute atomic E-state index is 10.2. The zero-order valence-corrected chi connectivity index (χ0v) is 15.6. The van der Waals surface area contributed by atoms with Gasteiger partial charge >= 0.3 is 59.1 Å². The molecule has 6 nitrogen and oxygen atoms in total. The standard InChI is InChI=1S/C7H12O.2Na.H2O5S2/c8-6-7-4-2-1-3-5-7;;;1-6(2)7(3,4)5/h6-7H,1-5H2;;;(H,1,2)(H,3,4,5)/q;2*+1;/p-2. The molecule has 1 saturated carbocycles. The smallest absolute Gasteiger partial charge is 0.761 e. The third-order valence-electron chi connectivity index (χ3n) is 2.01. The number of carbonyl (C=O) groups is 1. The van der Waals surface area contributed by atoms with Crippen LogP contribution in [-0.2, 0) is 24.1 Å². The van der Waals surface area contributed by atoms with Crippen LogP contribution < -0.4 is 59.1 Å². The van der Waals surface area contributed by atoms with Crippen LogP contribution in [0.2, 0.25) is 0 Å². The quantitative estimate of drug-likeness (QED) is 0.165. The molecule has 0 bridgehead atoms. The number of hydrogen-bond donors (Lipinski definition) is 0. The molecule has 0 aromatic carbocycles. The van der Waals surface area contributed by atoms with Crippen LogP contribution in [0.25, 0.3) is 0 Å². The van der Waals surface area contributed by atoms with Crippen molar-refractivity contribution in [2.75, 3.05) is 0 Å². The van der Waals surface area contributed by atoms with E-state index in [1.165, 1.54) is 19.3 Å². The molecule has 1 rings (SSSR count). The SMILES string of the molecule is O=CC1CCCCC1.O=S([O-])S(=O)(=O)[O-].[Na+].[Na+]. The summed E-state index contributed by atoms with van der Waals surface area (Å²) in [6, 6.07) is 0. The van der Waals surface area contributed by atoms with Crippen molar-refractivity contribution in [3.63, 3.8) is 0 Å². The van der Waals surface area contributed by atoms with Crippen LogP contribution in [-0.4, -0.2) is 28.0 Å². The molecule has 0 amide bonds. The van der Waals surface area contributed by atoms with Gasteiger partial charge in [-0.15, -0.1) is 0 Å². The van der Waals surface area contributed by atoms with Crippen molar-refractivity contribution in [2.45, 2.75) is 32.1 Å². The second kappa shape index (κ2) is 12.7. The zero-order valence-electron chi connectivity index (χ0n) is 9.96. The first-order valence-corrected chi connectivity index (χ1v) is 7.39. The van der Waals surface area contributed by atoms with Gasteiger partial charge < -0.3 is 13.9 Å². The van der Waals surface area contributed by atoms with Gasteiger partial charge in [0.1, 0.15) is 6.29 Å². The molecule has 0 radical (unpaired) electrons. The third kappa shape index (κ3) is 13.9. The molecule has 0 N–H and O–H groups in total. The van der Waals surface area contributed by atoms with Gasteiger partial charge in [-0.25, -0.2) is 8.42 Å². The summed E-state index contributed by atoms with van der Waals surface area (Å²) < 4.78 is 45.7. The van der Waals surface area contributed by atoms with E-state index < -0.39 is 19.3 Å². The van der Waals surface area contributed by atoms with Crippen molar-refractivity contribution in [3.8, 4) is 0 Å². The summed E-state index contributed by atoms with van der Waals surface area (Å²) in [5.74, 6) is 0.406. The Bertz CT molecular complexity index is 312. The molecule has 0 spiro atoms. The van der Waals surface area contributed by atoms with Gasteiger partial charge in [0.2, 0.25) is 0 Å². The molecule has 90 valence electrons. The van der Waals surface area contributed by atoms with E-state index in [0.717, 1.165) is 19.1 Å². The van der Waals surface area contributed by atoms with E-state index in [-0.39, 0.29) is 59.1 Å². The molecular weight excluding hydrogens is 290 g/mol. The van der Waals surface area contributed by atoms with Crippen LogP contribution in [0.3, 0.4) is 0 Å². The van der Waals surface area contributed by atoms with E-state index in [1.54, 1.807) is 0 Å². The summed E-state index contributed by atoms with van der Waals surface area (Å²) in [5.41, 5.74) is 0. The summed E-state index contributed by atoms with van der Waals surface area (Å²) in [4.78, 5) is 10.2. The Labute approximate surface area is 147 Å². The average molecular weight is 302 g/mol. The molecule has 1 atom stereocenters. The topological polar surface area (TPSA) is 114 Å². The van der Waals surface area contributed by atoms with E-state index in [1.807, 2.05) is 0 Å². The van der Waals surface area contributed by atoms with Gasteiger partial charge in [0.15, 0.2) is 9.15 Å². The van der Waals surface area contributed by atoms with Crippen LogP contribution in [0.15, 0.2) is 0 Å². The van der Waals surface area contributed by atoms with E-state index >= 15 is 0 Å². The molecule has 1 fully saturated rings. The van der Waals surface area contributed by atoms with E-state index in [9.17, 15) is 4.79 Å². The van der Waals surface area contributed by atoms with E-state index in [4.69, 9.17) is 21.7 Å². The average Bonchev–Trinajstić information content (AvgIpc) is 2.18. The van der Waals surface area contributed by atoms with Crippen LogP contribution in [0.1, 0.15) is 32.1 Å². The molecule has 17 heavy (non-hydrogen) atoms. The summed E-state index contributed by atoms with van der Waals surface area (Å²) in [5, 5.41) is 0. The first kappa shape index (κ1) is 23.8. The Morgan fingerprint density at radius 1 is 1.12 bits per heavy atom. The van der Waals surface area contributed by atoms with Crippen molar-refractivity contribution in [2.24, 2.45) is 5.92 Å². The van der Waals surface area contributed by atoms with Gasteiger partial charge in [0.05, 0.1) is 10.1 Å². The van der Waals surface area contributed by atoms with Crippen LogP contribution >= 0.6 is 0 Å². The van der Waals surface area contributed by atoms with Crippen molar-refractivity contribution in [3.05, 3.63) is 0 Å². The normalized spacial score (nSPS) is 17.5. The minimum Gasteiger partial charge on any atom is -0.761 e. The number of aldehydes is 1. The van der Waals surface area contributed by atoms with Gasteiger partial charge in [0.25, 0.3) is 0 Å². The Balaban J connectivity index is -0.000000208. The molecule has 0 aromatic rings. The largest absolute Gasteiger partial charge is 1.00 e. The first-order valence-electron chi connectivity index (χ1n) is 4.39. The van der Waals surface area contributed by atoms with Crippen LogP contribution in [0.4, 0.5) is 0 Å². The van der Waals surface area contributed by atoms with E-state index in [2.05, 4.69) is 0 Å². The number of carbonyl (C=O) groups excluding carboxylic acids is 1.